The third-order valence-electron chi connectivity index (χ3n) is 5.42. The standard InChI is InChI=1S/C21H30N6O2SSi/c1-15(16-5-6-16)27-12-18(10-23-27)24-20(28)19-13-30-21(25-19)17-9-22-26(11-17)14-29-7-8-31(2,3)4/h9-13,15-16H,5-8,14H2,1-4H3,(H,24,28). The predicted octanol–water partition coefficient (Wildman–Crippen LogP) is 4.74. The van der Waals surface area contributed by atoms with E-state index in [1.807, 2.05) is 17.1 Å². The third-order valence-corrected chi connectivity index (χ3v) is 8.01. The number of anilines is 1. The molecule has 0 aromatic carbocycles. The van der Waals surface area contributed by atoms with Crippen LogP contribution < -0.4 is 5.32 Å². The van der Waals surface area contributed by atoms with Crippen LogP contribution in [0.25, 0.3) is 10.6 Å². The predicted molar refractivity (Wildman–Crippen MR) is 125 cm³/mol. The maximum Gasteiger partial charge on any atom is 0.275 e. The smallest absolute Gasteiger partial charge is 0.275 e. The Hall–Kier alpha value is -2.30. The molecule has 31 heavy (non-hydrogen) atoms. The van der Waals surface area contributed by atoms with Gasteiger partial charge >= 0.3 is 0 Å². The lowest BCUT2D eigenvalue weighted by Gasteiger charge is -2.15. The molecule has 1 saturated carbocycles. The van der Waals surface area contributed by atoms with Gasteiger partial charge in [-0.2, -0.15) is 10.2 Å². The molecule has 1 N–H and O–H groups in total. The second-order valence-electron chi connectivity index (χ2n) is 9.40. The summed E-state index contributed by atoms with van der Waals surface area (Å²) in [5, 5.41) is 14.2. The fourth-order valence-electron chi connectivity index (χ4n) is 3.21. The molecule has 1 unspecified atom stereocenters. The summed E-state index contributed by atoms with van der Waals surface area (Å²) < 4.78 is 9.43. The van der Waals surface area contributed by atoms with Gasteiger partial charge in [-0.1, -0.05) is 19.6 Å². The molecule has 1 fully saturated rings. The van der Waals surface area contributed by atoms with E-state index in [1.54, 1.807) is 22.5 Å². The van der Waals surface area contributed by atoms with Crippen molar-refractivity contribution in [2.24, 2.45) is 5.92 Å². The molecule has 1 atom stereocenters. The first-order valence-corrected chi connectivity index (χ1v) is 15.3. The van der Waals surface area contributed by atoms with Gasteiger partial charge in [-0.15, -0.1) is 11.3 Å². The molecule has 4 rings (SSSR count). The van der Waals surface area contributed by atoms with Crippen molar-refractivity contribution < 1.29 is 9.53 Å². The van der Waals surface area contributed by atoms with E-state index in [0.717, 1.165) is 23.2 Å². The minimum Gasteiger partial charge on any atom is -0.360 e. The average Bonchev–Trinajstić information content (AvgIpc) is 3.11. The number of thiazole rings is 1. The Labute approximate surface area is 187 Å². The quantitative estimate of drug-likeness (QED) is 0.350. The van der Waals surface area contributed by atoms with Crippen LogP contribution in [-0.2, 0) is 11.5 Å². The number of ether oxygens (including phenoxy) is 1. The molecule has 0 saturated heterocycles. The summed E-state index contributed by atoms with van der Waals surface area (Å²) >= 11 is 1.43. The first kappa shape index (κ1) is 21.9. The molecule has 0 bridgehead atoms. The van der Waals surface area contributed by atoms with Crippen molar-refractivity contribution in [1.29, 1.82) is 0 Å². The van der Waals surface area contributed by atoms with E-state index >= 15 is 0 Å². The number of carbonyl (C=O) groups excluding carboxylic acids is 1. The molecule has 3 aromatic heterocycles. The molecule has 0 radical (unpaired) electrons. The number of hydrogen-bond acceptors (Lipinski definition) is 6. The highest BCUT2D eigenvalue weighted by Gasteiger charge is 2.29. The highest BCUT2D eigenvalue weighted by atomic mass is 32.1. The van der Waals surface area contributed by atoms with E-state index in [-0.39, 0.29) is 5.91 Å². The van der Waals surface area contributed by atoms with E-state index in [9.17, 15) is 4.79 Å². The van der Waals surface area contributed by atoms with Gasteiger partial charge in [-0.25, -0.2) is 9.67 Å². The zero-order valence-electron chi connectivity index (χ0n) is 18.5. The number of aromatic nitrogens is 5. The Bertz CT molecular complexity index is 1030. The Balaban J connectivity index is 1.31. The second-order valence-corrected chi connectivity index (χ2v) is 15.9. The van der Waals surface area contributed by atoms with Crippen LogP contribution in [0.1, 0.15) is 36.3 Å². The second kappa shape index (κ2) is 9.05. The minimum atomic E-state index is -1.09. The monoisotopic (exact) mass is 458 g/mol. The number of carbonyl (C=O) groups is 1. The van der Waals surface area contributed by atoms with E-state index in [0.29, 0.717) is 30.1 Å². The molecule has 3 aromatic rings. The average molecular weight is 459 g/mol. The molecule has 1 amide bonds. The molecule has 0 spiro atoms. The first-order chi connectivity index (χ1) is 14.8. The molecule has 0 aliphatic heterocycles. The van der Waals surface area contributed by atoms with Gasteiger partial charge in [-0.05, 0) is 31.7 Å². The fraction of sp³-hybridized carbons (Fsp3) is 0.524. The highest BCUT2D eigenvalue weighted by molar-refractivity contribution is 7.13. The van der Waals surface area contributed by atoms with Crippen LogP contribution in [0.15, 0.2) is 30.2 Å². The van der Waals surface area contributed by atoms with Crippen molar-refractivity contribution >= 4 is 31.0 Å². The van der Waals surface area contributed by atoms with Gasteiger partial charge in [0.25, 0.3) is 5.91 Å². The van der Waals surface area contributed by atoms with Crippen LogP contribution >= 0.6 is 11.3 Å². The normalized spacial score (nSPS) is 15.2. The molecule has 10 heteroatoms. The first-order valence-electron chi connectivity index (χ1n) is 10.7. The van der Waals surface area contributed by atoms with Crippen molar-refractivity contribution in [3.05, 3.63) is 35.9 Å². The Morgan fingerprint density at radius 2 is 2.10 bits per heavy atom. The Morgan fingerprint density at radius 1 is 1.29 bits per heavy atom. The van der Waals surface area contributed by atoms with Gasteiger partial charge in [0.15, 0.2) is 0 Å². The third kappa shape index (κ3) is 5.90. The van der Waals surface area contributed by atoms with Crippen LogP contribution in [-0.4, -0.2) is 45.1 Å². The van der Waals surface area contributed by atoms with Crippen LogP contribution in [0, 0.1) is 5.92 Å². The number of amides is 1. The van der Waals surface area contributed by atoms with Crippen molar-refractivity contribution in [2.45, 2.75) is 58.2 Å². The molecule has 3 heterocycles. The molecule has 1 aliphatic carbocycles. The van der Waals surface area contributed by atoms with Gasteiger partial charge in [0.2, 0.25) is 0 Å². The van der Waals surface area contributed by atoms with Crippen LogP contribution in [0.4, 0.5) is 5.69 Å². The lowest BCUT2D eigenvalue weighted by molar-refractivity contribution is 0.0786. The fourth-order valence-corrected chi connectivity index (χ4v) is 4.74. The molecule has 8 nitrogen and oxygen atoms in total. The van der Waals surface area contributed by atoms with Gasteiger partial charge in [-0.3, -0.25) is 9.48 Å². The number of nitrogens with zero attached hydrogens (tertiary/aromatic N) is 5. The summed E-state index contributed by atoms with van der Waals surface area (Å²) in [5.74, 6) is 0.472. The Kier molecular flexibility index (Phi) is 6.40. The molecular weight excluding hydrogens is 428 g/mol. The molecule has 1 aliphatic rings. The van der Waals surface area contributed by atoms with Crippen LogP contribution in [0.3, 0.4) is 0 Å². The lowest BCUT2D eigenvalue weighted by atomic mass is 10.2. The number of hydrogen-bond donors (Lipinski definition) is 1. The van der Waals surface area contributed by atoms with Crippen LogP contribution in [0.2, 0.25) is 25.7 Å². The van der Waals surface area contributed by atoms with E-state index in [1.165, 1.54) is 24.2 Å². The van der Waals surface area contributed by atoms with Gasteiger partial charge in [0, 0.05) is 38.0 Å². The van der Waals surface area contributed by atoms with Crippen molar-refractivity contribution in [1.82, 2.24) is 24.5 Å². The van der Waals surface area contributed by atoms with E-state index < -0.39 is 8.07 Å². The summed E-state index contributed by atoms with van der Waals surface area (Å²) in [4.78, 5) is 17.1. The summed E-state index contributed by atoms with van der Waals surface area (Å²) in [7, 11) is -1.09. The van der Waals surface area contributed by atoms with Gasteiger partial charge < -0.3 is 10.1 Å². The lowest BCUT2D eigenvalue weighted by Crippen LogP contribution is -2.22. The summed E-state index contributed by atoms with van der Waals surface area (Å²) in [6, 6.07) is 1.50. The zero-order chi connectivity index (χ0) is 22.0. The van der Waals surface area contributed by atoms with Crippen molar-refractivity contribution in [3.8, 4) is 10.6 Å². The van der Waals surface area contributed by atoms with Crippen LogP contribution in [0.5, 0.6) is 0 Å². The highest BCUT2D eigenvalue weighted by Crippen LogP contribution is 2.39. The number of nitrogens with one attached hydrogen (secondary N) is 1. The number of rotatable bonds is 10. The molecule has 166 valence electrons. The zero-order valence-corrected chi connectivity index (χ0v) is 20.4. The van der Waals surface area contributed by atoms with Crippen molar-refractivity contribution in [2.75, 3.05) is 11.9 Å². The summed E-state index contributed by atoms with van der Waals surface area (Å²) in [6.45, 7) is 10.3. The van der Waals surface area contributed by atoms with Gasteiger partial charge in [0.1, 0.15) is 17.4 Å². The summed E-state index contributed by atoms with van der Waals surface area (Å²) in [6.07, 6.45) is 9.75. The van der Waals surface area contributed by atoms with E-state index in [4.69, 9.17) is 4.74 Å². The largest absolute Gasteiger partial charge is 0.360 e. The minimum absolute atomic E-state index is 0.233. The maximum absolute atomic E-state index is 12.6. The SMILES string of the molecule is CC(C1CC1)n1cc(NC(=O)c2csc(-c3cnn(COCC[Si](C)(C)C)c3)n2)cn1. The maximum atomic E-state index is 12.6. The topological polar surface area (TPSA) is 86.9 Å². The summed E-state index contributed by atoms with van der Waals surface area (Å²) in [5.41, 5.74) is 1.96. The van der Waals surface area contributed by atoms with Crippen molar-refractivity contribution in [3.63, 3.8) is 0 Å². The van der Waals surface area contributed by atoms with Gasteiger partial charge in [0.05, 0.1) is 24.1 Å². The van der Waals surface area contributed by atoms with E-state index in [2.05, 4.69) is 47.1 Å². The Morgan fingerprint density at radius 3 is 2.84 bits per heavy atom. The molecular formula is C21H30N6O2SSi.